The highest BCUT2D eigenvalue weighted by molar-refractivity contribution is 4.89. The van der Waals surface area contributed by atoms with Crippen molar-refractivity contribution in [3.8, 4) is 0 Å². The van der Waals surface area contributed by atoms with Crippen LogP contribution in [-0.2, 0) is 0 Å². The van der Waals surface area contributed by atoms with Crippen molar-refractivity contribution < 1.29 is 0 Å². The van der Waals surface area contributed by atoms with E-state index in [9.17, 15) is 0 Å². The summed E-state index contributed by atoms with van der Waals surface area (Å²) < 4.78 is 0. The summed E-state index contributed by atoms with van der Waals surface area (Å²) in [5, 5.41) is 3.55. The smallest absolute Gasteiger partial charge is 0.0765 e. The van der Waals surface area contributed by atoms with E-state index < -0.39 is 0 Å². The second-order valence-electron chi connectivity index (χ2n) is 6.05. The monoisotopic (exact) mass is 185 g/mol. The largest absolute Gasteiger partial charge is 0.284 e. The molecular formula is C10H23N3. The molecule has 0 bridgehead atoms. The highest BCUT2D eigenvalue weighted by atomic mass is 15.5. The molecule has 1 saturated heterocycles. The Morgan fingerprint density at radius 2 is 1.00 bits per heavy atom. The van der Waals surface area contributed by atoms with E-state index in [4.69, 9.17) is 0 Å². The Morgan fingerprint density at radius 1 is 0.692 bits per heavy atom. The van der Waals surface area contributed by atoms with E-state index in [0.717, 1.165) is 0 Å². The second kappa shape index (κ2) is 3.23. The predicted molar refractivity (Wildman–Crippen MR) is 55.9 cm³/mol. The van der Waals surface area contributed by atoms with Crippen LogP contribution in [-0.4, -0.2) is 12.3 Å². The molecule has 3 heteroatoms. The first-order valence-corrected chi connectivity index (χ1v) is 4.98. The lowest BCUT2D eigenvalue weighted by molar-refractivity contribution is 0.231. The molecule has 0 amide bonds. The van der Waals surface area contributed by atoms with Crippen LogP contribution in [0, 0.1) is 10.8 Å². The van der Waals surface area contributed by atoms with Gasteiger partial charge in [-0.3, -0.25) is 5.32 Å². The van der Waals surface area contributed by atoms with Crippen molar-refractivity contribution >= 4 is 0 Å². The molecule has 2 atom stereocenters. The van der Waals surface area contributed by atoms with Crippen LogP contribution < -0.4 is 16.2 Å². The van der Waals surface area contributed by atoms with Crippen LogP contribution >= 0.6 is 0 Å². The summed E-state index contributed by atoms with van der Waals surface area (Å²) in [5.74, 6) is 0. The van der Waals surface area contributed by atoms with Crippen LogP contribution in [0.2, 0.25) is 0 Å². The summed E-state index contributed by atoms with van der Waals surface area (Å²) in [6, 6.07) is 0. The van der Waals surface area contributed by atoms with Crippen LogP contribution in [0.25, 0.3) is 0 Å². The maximum absolute atomic E-state index is 3.55. The summed E-state index contributed by atoms with van der Waals surface area (Å²) >= 11 is 0. The fraction of sp³-hybridized carbons (Fsp3) is 1.00. The molecule has 1 rings (SSSR count). The summed E-state index contributed by atoms with van der Waals surface area (Å²) in [4.78, 5) is 0. The lowest BCUT2D eigenvalue weighted by Crippen LogP contribution is -2.46. The first-order valence-electron chi connectivity index (χ1n) is 4.98. The summed E-state index contributed by atoms with van der Waals surface area (Å²) in [7, 11) is 0. The van der Waals surface area contributed by atoms with Crippen molar-refractivity contribution in [2.75, 3.05) is 0 Å². The Bertz CT molecular complexity index is 156. The summed E-state index contributed by atoms with van der Waals surface area (Å²) in [5.41, 5.74) is 7.07. The molecule has 13 heavy (non-hydrogen) atoms. The van der Waals surface area contributed by atoms with Crippen molar-refractivity contribution in [2.45, 2.75) is 53.9 Å². The molecule has 1 heterocycles. The van der Waals surface area contributed by atoms with E-state index >= 15 is 0 Å². The van der Waals surface area contributed by atoms with E-state index in [2.05, 4.69) is 57.7 Å². The molecule has 0 spiro atoms. The molecule has 0 aliphatic carbocycles. The van der Waals surface area contributed by atoms with Gasteiger partial charge in [-0.15, -0.1) is 0 Å². The second-order valence-corrected chi connectivity index (χ2v) is 6.05. The van der Waals surface area contributed by atoms with Gasteiger partial charge in [0.2, 0.25) is 0 Å². The van der Waals surface area contributed by atoms with Gasteiger partial charge in [0.15, 0.2) is 0 Å². The van der Waals surface area contributed by atoms with Gasteiger partial charge in [-0.05, 0) is 10.8 Å². The molecule has 0 aromatic heterocycles. The maximum atomic E-state index is 3.55. The molecule has 3 nitrogen and oxygen atoms in total. The summed E-state index contributed by atoms with van der Waals surface area (Å²) in [6.07, 6.45) is 0.688. The first kappa shape index (κ1) is 11.0. The number of rotatable bonds is 0. The summed E-state index contributed by atoms with van der Waals surface area (Å²) in [6.45, 7) is 13.4. The van der Waals surface area contributed by atoms with E-state index in [-0.39, 0.29) is 10.8 Å². The molecular weight excluding hydrogens is 162 g/mol. The topological polar surface area (TPSA) is 36.1 Å². The quantitative estimate of drug-likeness (QED) is 0.534. The highest BCUT2D eigenvalue weighted by Crippen LogP contribution is 2.24. The molecule has 1 aliphatic rings. The van der Waals surface area contributed by atoms with Crippen molar-refractivity contribution in [1.82, 2.24) is 16.2 Å². The molecule has 2 unspecified atom stereocenters. The van der Waals surface area contributed by atoms with E-state index in [1.54, 1.807) is 0 Å². The molecule has 1 aliphatic heterocycles. The zero-order chi connectivity index (χ0) is 10.3. The maximum Gasteiger partial charge on any atom is 0.0765 e. The first-order chi connectivity index (χ1) is 5.71. The molecule has 3 N–H and O–H groups in total. The molecule has 0 radical (unpaired) electrons. The number of hydrogen-bond donors (Lipinski definition) is 3. The van der Waals surface area contributed by atoms with Gasteiger partial charge in [0, 0.05) is 0 Å². The molecule has 78 valence electrons. The Hall–Kier alpha value is -0.120. The van der Waals surface area contributed by atoms with Gasteiger partial charge in [0.05, 0.1) is 12.3 Å². The van der Waals surface area contributed by atoms with E-state index in [1.807, 2.05) is 0 Å². The molecule has 1 fully saturated rings. The minimum atomic E-state index is 0.243. The highest BCUT2D eigenvalue weighted by Gasteiger charge is 2.36. The molecule has 0 aromatic rings. The normalized spacial score (nSPS) is 30.9. The third-order valence-corrected chi connectivity index (χ3v) is 2.44. The predicted octanol–water partition coefficient (Wildman–Crippen LogP) is 1.43. The zero-order valence-electron chi connectivity index (χ0n) is 9.65. The van der Waals surface area contributed by atoms with Gasteiger partial charge >= 0.3 is 0 Å². The minimum absolute atomic E-state index is 0.243. The van der Waals surface area contributed by atoms with Gasteiger partial charge in [-0.25, -0.2) is 10.9 Å². The van der Waals surface area contributed by atoms with Gasteiger partial charge < -0.3 is 0 Å². The SMILES string of the molecule is CC(C)(C)C1NNC(C(C)(C)C)N1. The molecule has 0 saturated carbocycles. The minimum Gasteiger partial charge on any atom is -0.284 e. The fourth-order valence-electron chi connectivity index (χ4n) is 1.35. The number of hydrogen-bond acceptors (Lipinski definition) is 3. The van der Waals surface area contributed by atoms with E-state index in [1.165, 1.54) is 0 Å². The fourth-order valence-corrected chi connectivity index (χ4v) is 1.35. The van der Waals surface area contributed by atoms with Crippen LogP contribution in [0.15, 0.2) is 0 Å². The Labute approximate surface area is 81.6 Å². The van der Waals surface area contributed by atoms with Gasteiger partial charge in [0.25, 0.3) is 0 Å². The van der Waals surface area contributed by atoms with Crippen LogP contribution in [0.1, 0.15) is 41.5 Å². The van der Waals surface area contributed by atoms with Gasteiger partial charge in [-0.1, -0.05) is 41.5 Å². The lowest BCUT2D eigenvalue weighted by atomic mass is 9.90. The third kappa shape index (κ3) is 2.66. The van der Waals surface area contributed by atoms with Crippen molar-refractivity contribution in [1.29, 1.82) is 0 Å². The lowest BCUT2D eigenvalue weighted by Gasteiger charge is -2.30. The van der Waals surface area contributed by atoms with Gasteiger partial charge in [-0.2, -0.15) is 0 Å². The van der Waals surface area contributed by atoms with Crippen molar-refractivity contribution in [3.63, 3.8) is 0 Å². The number of nitrogens with one attached hydrogen (secondary N) is 3. The van der Waals surface area contributed by atoms with Crippen molar-refractivity contribution in [2.24, 2.45) is 10.8 Å². The standard InChI is InChI=1S/C10H23N3/c1-9(2,3)7-11-8(13-12-7)10(4,5)6/h7-8,11-13H,1-6H3. The van der Waals surface area contributed by atoms with Crippen LogP contribution in [0.4, 0.5) is 0 Å². The number of hydrazine groups is 1. The molecule has 0 aromatic carbocycles. The Kier molecular flexibility index (Phi) is 2.72. The average Bonchev–Trinajstić information content (AvgIpc) is 2.28. The average molecular weight is 185 g/mol. The van der Waals surface area contributed by atoms with Gasteiger partial charge in [0.1, 0.15) is 0 Å². The van der Waals surface area contributed by atoms with Crippen LogP contribution in [0.3, 0.4) is 0 Å². The Balaban J connectivity index is 2.55. The van der Waals surface area contributed by atoms with Crippen molar-refractivity contribution in [3.05, 3.63) is 0 Å². The van der Waals surface area contributed by atoms with Crippen LogP contribution in [0.5, 0.6) is 0 Å². The van der Waals surface area contributed by atoms with E-state index in [0.29, 0.717) is 12.3 Å². The third-order valence-electron chi connectivity index (χ3n) is 2.44. The Morgan fingerprint density at radius 3 is 1.15 bits per heavy atom. The zero-order valence-corrected chi connectivity index (χ0v) is 9.65.